The second-order valence-electron chi connectivity index (χ2n) is 7.07. The first kappa shape index (κ1) is 20.4. The van der Waals surface area contributed by atoms with Crippen molar-refractivity contribution in [3.05, 3.63) is 99.5 Å². The predicted molar refractivity (Wildman–Crippen MR) is 115 cm³/mol. The number of aryl methyl sites for hydroxylation is 2. The highest BCUT2D eigenvalue weighted by Crippen LogP contribution is 2.12. The summed E-state index contributed by atoms with van der Waals surface area (Å²) in [7, 11) is 0. The lowest BCUT2D eigenvalue weighted by molar-refractivity contribution is 0.0863. The van der Waals surface area contributed by atoms with Crippen LogP contribution in [0.4, 0.5) is 5.69 Å². The highest BCUT2D eigenvalue weighted by molar-refractivity contribution is 6.03. The molecule has 0 radical (unpaired) electrons. The maximum atomic E-state index is 12.6. The Morgan fingerprint density at radius 2 is 1.83 bits per heavy atom. The third kappa shape index (κ3) is 5.57. The van der Waals surface area contributed by atoms with Crippen LogP contribution < -0.4 is 15.7 Å². The summed E-state index contributed by atoms with van der Waals surface area (Å²) in [6.45, 7) is 4.40. The highest BCUT2D eigenvalue weighted by Gasteiger charge is 2.13. The van der Waals surface area contributed by atoms with Gasteiger partial charge in [0.2, 0.25) is 0 Å². The van der Waals surface area contributed by atoms with Gasteiger partial charge in [0, 0.05) is 11.9 Å². The van der Waals surface area contributed by atoms with Gasteiger partial charge in [-0.25, -0.2) is 0 Å². The van der Waals surface area contributed by atoms with Gasteiger partial charge in [0.1, 0.15) is 12.2 Å². The Morgan fingerprint density at radius 1 is 1.03 bits per heavy atom. The Balaban J connectivity index is 1.68. The fraction of sp³-hybridized carbons (Fsp3) is 0.250. The van der Waals surface area contributed by atoms with Crippen LogP contribution in [0.1, 0.15) is 46.8 Å². The molecule has 0 aliphatic carbocycles. The van der Waals surface area contributed by atoms with Gasteiger partial charge < -0.3 is 10.2 Å². The molecule has 5 heteroatoms. The van der Waals surface area contributed by atoms with Crippen LogP contribution in [0.3, 0.4) is 0 Å². The Kier molecular flexibility index (Phi) is 6.85. The molecule has 1 aromatic heterocycles. The Morgan fingerprint density at radius 3 is 2.55 bits per heavy atom. The van der Waals surface area contributed by atoms with Gasteiger partial charge in [0.05, 0.1) is 0 Å². The SMILES string of the molecule is CCCCc1ccc(NC(=O)c2cccn(OCc3cccc(C)c3)c2=O)cc1. The van der Waals surface area contributed by atoms with Crippen LogP contribution in [0, 0.1) is 6.92 Å². The van der Waals surface area contributed by atoms with Crippen LogP contribution in [0.25, 0.3) is 0 Å². The average Bonchev–Trinajstić information content (AvgIpc) is 2.72. The molecule has 1 amide bonds. The van der Waals surface area contributed by atoms with E-state index in [1.807, 2.05) is 55.5 Å². The summed E-state index contributed by atoms with van der Waals surface area (Å²) in [4.78, 5) is 30.8. The molecule has 1 heterocycles. The van der Waals surface area contributed by atoms with E-state index in [0.717, 1.165) is 35.1 Å². The number of aromatic nitrogens is 1. The molecule has 0 aliphatic heterocycles. The van der Waals surface area contributed by atoms with Crippen molar-refractivity contribution >= 4 is 11.6 Å². The zero-order valence-electron chi connectivity index (χ0n) is 16.9. The number of benzene rings is 2. The molecule has 0 spiro atoms. The summed E-state index contributed by atoms with van der Waals surface area (Å²) in [5, 5.41) is 2.78. The van der Waals surface area contributed by atoms with E-state index in [2.05, 4.69) is 12.2 Å². The first-order chi connectivity index (χ1) is 14.1. The van der Waals surface area contributed by atoms with Crippen molar-refractivity contribution in [2.45, 2.75) is 39.7 Å². The normalized spacial score (nSPS) is 10.6. The molecule has 5 nitrogen and oxygen atoms in total. The Bertz CT molecular complexity index is 1020. The van der Waals surface area contributed by atoms with Crippen molar-refractivity contribution < 1.29 is 9.63 Å². The Hall–Kier alpha value is -3.34. The van der Waals surface area contributed by atoms with Gasteiger partial charge in [0.15, 0.2) is 0 Å². The molecule has 0 fully saturated rings. The number of pyridine rings is 1. The first-order valence-electron chi connectivity index (χ1n) is 9.87. The number of nitrogens with zero attached hydrogens (tertiary/aromatic N) is 1. The molecule has 150 valence electrons. The molecule has 2 aromatic carbocycles. The first-order valence-corrected chi connectivity index (χ1v) is 9.87. The number of amides is 1. The minimum Gasteiger partial charge on any atom is -0.406 e. The monoisotopic (exact) mass is 390 g/mol. The van der Waals surface area contributed by atoms with E-state index in [9.17, 15) is 9.59 Å². The molecule has 3 rings (SSSR count). The third-order valence-electron chi connectivity index (χ3n) is 4.64. The van der Waals surface area contributed by atoms with Gasteiger partial charge in [0.25, 0.3) is 11.5 Å². The second-order valence-corrected chi connectivity index (χ2v) is 7.07. The second kappa shape index (κ2) is 9.73. The van der Waals surface area contributed by atoms with Crippen LogP contribution in [-0.4, -0.2) is 10.6 Å². The lowest BCUT2D eigenvalue weighted by atomic mass is 10.1. The molecule has 3 aromatic rings. The molecular formula is C24H26N2O3. The highest BCUT2D eigenvalue weighted by atomic mass is 16.7. The number of carbonyl (C=O) groups excluding carboxylic acids is 1. The van der Waals surface area contributed by atoms with Crippen LogP contribution in [0.15, 0.2) is 71.7 Å². The number of nitrogens with one attached hydrogen (secondary N) is 1. The van der Waals surface area contributed by atoms with Crippen molar-refractivity contribution in [1.82, 2.24) is 4.73 Å². The minimum atomic E-state index is -0.489. The van der Waals surface area contributed by atoms with Crippen LogP contribution in [0.2, 0.25) is 0 Å². The third-order valence-corrected chi connectivity index (χ3v) is 4.64. The maximum Gasteiger partial charge on any atom is 0.295 e. The number of rotatable bonds is 8. The van der Waals surface area contributed by atoms with Crippen LogP contribution >= 0.6 is 0 Å². The van der Waals surface area contributed by atoms with Crippen molar-refractivity contribution in [2.24, 2.45) is 0 Å². The molecule has 0 saturated carbocycles. The van der Waals surface area contributed by atoms with E-state index >= 15 is 0 Å². The van der Waals surface area contributed by atoms with Gasteiger partial charge in [-0.05, 0) is 55.2 Å². The minimum absolute atomic E-state index is 0.0341. The van der Waals surface area contributed by atoms with Crippen molar-refractivity contribution in [2.75, 3.05) is 5.32 Å². The molecule has 0 bridgehead atoms. The van der Waals surface area contributed by atoms with Crippen molar-refractivity contribution in [3.63, 3.8) is 0 Å². The molecule has 0 saturated heterocycles. The van der Waals surface area contributed by atoms with Gasteiger partial charge in [-0.15, -0.1) is 0 Å². The number of carbonyl (C=O) groups is 1. The average molecular weight is 390 g/mol. The number of unbranched alkanes of at least 4 members (excludes halogenated alkanes) is 1. The van der Waals surface area contributed by atoms with E-state index in [1.165, 1.54) is 17.8 Å². The molecular weight excluding hydrogens is 364 g/mol. The van der Waals surface area contributed by atoms with Gasteiger partial charge in [-0.2, -0.15) is 4.73 Å². The number of hydrogen-bond donors (Lipinski definition) is 1. The largest absolute Gasteiger partial charge is 0.406 e. The standard InChI is InChI=1S/C24H26N2O3/c1-3-4-8-19-11-13-21(14-12-19)25-23(27)22-10-6-15-26(24(22)28)29-17-20-9-5-7-18(2)16-20/h5-7,9-16H,3-4,8,17H2,1-2H3,(H,25,27). The summed E-state index contributed by atoms with van der Waals surface area (Å²) < 4.78 is 1.10. The quantitative estimate of drug-likeness (QED) is 0.621. The van der Waals surface area contributed by atoms with Crippen LogP contribution in [-0.2, 0) is 13.0 Å². The molecule has 0 unspecified atom stereocenters. The molecule has 0 atom stereocenters. The maximum absolute atomic E-state index is 12.6. The summed E-state index contributed by atoms with van der Waals surface area (Å²) >= 11 is 0. The summed E-state index contributed by atoms with van der Waals surface area (Å²) in [6, 6.07) is 18.7. The zero-order valence-corrected chi connectivity index (χ0v) is 16.9. The van der Waals surface area contributed by atoms with E-state index in [4.69, 9.17) is 4.84 Å². The smallest absolute Gasteiger partial charge is 0.295 e. The van der Waals surface area contributed by atoms with E-state index in [1.54, 1.807) is 6.07 Å². The number of hydrogen-bond acceptors (Lipinski definition) is 3. The summed E-state index contributed by atoms with van der Waals surface area (Å²) in [6.07, 6.45) is 4.81. The van der Waals surface area contributed by atoms with E-state index < -0.39 is 11.5 Å². The fourth-order valence-corrected chi connectivity index (χ4v) is 3.03. The Labute approximate surface area is 170 Å². The molecule has 29 heavy (non-hydrogen) atoms. The lowest BCUT2D eigenvalue weighted by Crippen LogP contribution is -2.32. The van der Waals surface area contributed by atoms with Gasteiger partial charge in [-0.1, -0.05) is 55.3 Å². The molecule has 0 aliphatic rings. The number of anilines is 1. The zero-order chi connectivity index (χ0) is 20.6. The van der Waals surface area contributed by atoms with E-state index in [0.29, 0.717) is 5.69 Å². The van der Waals surface area contributed by atoms with Gasteiger partial charge >= 0.3 is 0 Å². The summed E-state index contributed by atoms with van der Waals surface area (Å²) in [5.41, 5.74) is 3.51. The summed E-state index contributed by atoms with van der Waals surface area (Å²) in [5.74, 6) is -0.454. The topological polar surface area (TPSA) is 60.3 Å². The predicted octanol–water partition coefficient (Wildman–Crippen LogP) is 4.38. The molecule has 1 N–H and O–H groups in total. The van der Waals surface area contributed by atoms with Crippen LogP contribution in [0.5, 0.6) is 0 Å². The van der Waals surface area contributed by atoms with Gasteiger partial charge in [-0.3, -0.25) is 9.59 Å². The van der Waals surface area contributed by atoms with Crippen molar-refractivity contribution in [1.29, 1.82) is 0 Å². The van der Waals surface area contributed by atoms with E-state index in [-0.39, 0.29) is 12.2 Å². The lowest BCUT2D eigenvalue weighted by Gasteiger charge is -2.11. The van der Waals surface area contributed by atoms with Crippen molar-refractivity contribution in [3.8, 4) is 0 Å². The fourth-order valence-electron chi connectivity index (χ4n) is 3.03.